The molecular formula is C17H12O4S. The molecule has 0 amide bonds. The molecule has 2 rings (SSSR count). The Labute approximate surface area is 131 Å². The second kappa shape index (κ2) is 7.38. The number of esters is 1. The van der Waals surface area contributed by atoms with Gasteiger partial charge in [0.15, 0.2) is 0 Å². The van der Waals surface area contributed by atoms with E-state index in [9.17, 15) is 14.4 Å². The summed E-state index contributed by atoms with van der Waals surface area (Å²) in [6.07, 6.45) is 1.04. The van der Waals surface area contributed by atoms with Crippen molar-refractivity contribution < 1.29 is 19.1 Å². The van der Waals surface area contributed by atoms with E-state index in [1.165, 1.54) is 24.3 Å². The third kappa shape index (κ3) is 4.17. The summed E-state index contributed by atoms with van der Waals surface area (Å²) in [5.41, 5.74) is 0.242. The van der Waals surface area contributed by atoms with Crippen LogP contribution in [0.1, 0.15) is 10.4 Å². The Balaban J connectivity index is 2.04. The van der Waals surface area contributed by atoms with Gasteiger partial charge in [0.25, 0.3) is 5.12 Å². The quantitative estimate of drug-likeness (QED) is 0.212. The van der Waals surface area contributed by atoms with Gasteiger partial charge in [0.1, 0.15) is 5.75 Å². The fourth-order valence-electron chi connectivity index (χ4n) is 1.59. The number of hydrogen-bond acceptors (Lipinski definition) is 5. The van der Waals surface area contributed by atoms with Gasteiger partial charge in [0.2, 0.25) is 5.78 Å². The molecule has 5 heteroatoms. The second-order valence-corrected chi connectivity index (χ2v) is 5.23. The fourth-order valence-corrected chi connectivity index (χ4v) is 2.31. The van der Waals surface area contributed by atoms with Crippen LogP contribution in [0, 0.1) is 0 Å². The van der Waals surface area contributed by atoms with Gasteiger partial charge in [-0.05, 0) is 48.2 Å². The van der Waals surface area contributed by atoms with Crippen molar-refractivity contribution in [2.75, 3.05) is 0 Å². The van der Waals surface area contributed by atoms with E-state index >= 15 is 0 Å². The summed E-state index contributed by atoms with van der Waals surface area (Å²) in [6, 6.07) is 14.7. The number of carbonyl (C=O) groups excluding carboxylic acids is 3. The number of rotatable bonds is 5. The SMILES string of the molecule is C=CC(=O)Oc1ccc(C(=O)C(=O)Sc2ccccc2)cc1. The average Bonchev–Trinajstić information content (AvgIpc) is 2.55. The summed E-state index contributed by atoms with van der Waals surface area (Å²) in [5, 5.41) is -0.568. The predicted octanol–water partition coefficient (Wildman–Crippen LogP) is 3.28. The van der Waals surface area contributed by atoms with Crippen molar-refractivity contribution in [3.63, 3.8) is 0 Å². The van der Waals surface area contributed by atoms with Crippen molar-refractivity contribution in [1.82, 2.24) is 0 Å². The van der Waals surface area contributed by atoms with Crippen molar-refractivity contribution >= 4 is 28.6 Å². The van der Waals surface area contributed by atoms with Crippen molar-refractivity contribution in [2.24, 2.45) is 0 Å². The Morgan fingerprint density at radius 3 is 2.18 bits per heavy atom. The van der Waals surface area contributed by atoms with Gasteiger partial charge in [-0.3, -0.25) is 9.59 Å². The van der Waals surface area contributed by atoms with E-state index in [4.69, 9.17) is 4.74 Å². The Morgan fingerprint density at radius 1 is 0.955 bits per heavy atom. The summed E-state index contributed by atoms with van der Waals surface area (Å²) >= 11 is 0.878. The average molecular weight is 312 g/mol. The first kappa shape index (κ1) is 15.7. The molecule has 2 aromatic rings. The molecule has 0 unspecified atom stereocenters. The number of hydrogen-bond donors (Lipinski definition) is 0. The van der Waals surface area contributed by atoms with E-state index in [0.29, 0.717) is 4.90 Å². The Bertz CT molecular complexity index is 705. The molecule has 0 radical (unpaired) electrons. The predicted molar refractivity (Wildman–Crippen MR) is 83.9 cm³/mol. The van der Waals surface area contributed by atoms with Gasteiger partial charge in [0, 0.05) is 16.5 Å². The largest absolute Gasteiger partial charge is 0.423 e. The summed E-state index contributed by atoms with van der Waals surface area (Å²) in [7, 11) is 0. The van der Waals surface area contributed by atoms with Gasteiger partial charge in [-0.25, -0.2) is 4.79 Å². The molecule has 0 aliphatic carbocycles. The molecule has 4 nitrogen and oxygen atoms in total. The van der Waals surface area contributed by atoms with Crippen molar-refractivity contribution in [3.8, 4) is 5.75 Å². The lowest BCUT2D eigenvalue weighted by atomic mass is 10.1. The van der Waals surface area contributed by atoms with Gasteiger partial charge in [0.05, 0.1) is 0 Å². The van der Waals surface area contributed by atoms with Crippen LogP contribution in [0.25, 0.3) is 0 Å². The van der Waals surface area contributed by atoms with Crippen LogP contribution in [0.4, 0.5) is 0 Å². The van der Waals surface area contributed by atoms with Crippen molar-refractivity contribution in [1.29, 1.82) is 0 Å². The lowest BCUT2D eigenvalue weighted by Crippen LogP contribution is -2.10. The minimum Gasteiger partial charge on any atom is -0.423 e. The first-order valence-corrected chi connectivity index (χ1v) is 7.17. The third-order valence-corrected chi connectivity index (χ3v) is 3.52. The topological polar surface area (TPSA) is 60.4 Å². The number of ketones is 1. The zero-order chi connectivity index (χ0) is 15.9. The molecule has 0 aliphatic rings. The van der Waals surface area contributed by atoms with Gasteiger partial charge in [-0.2, -0.15) is 0 Å². The Kier molecular flexibility index (Phi) is 5.27. The lowest BCUT2D eigenvalue weighted by Gasteiger charge is -2.03. The molecule has 22 heavy (non-hydrogen) atoms. The van der Waals surface area contributed by atoms with Crippen molar-refractivity contribution in [2.45, 2.75) is 4.90 Å². The zero-order valence-electron chi connectivity index (χ0n) is 11.5. The molecular weight excluding hydrogens is 300 g/mol. The first-order chi connectivity index (χ1) is 10.6. The van der Waals surface area contributed by atoms with Crippen LogP contribution in [-0.4, -0.2) is 16.9 Å². The molecule has 0 N–H and O–H groups in total. The highest BCUT2D eigenvalue weighted by Gasteiger charge is 2.17. The van der Waals surface area contributed by atoms with Crippen LogP contribution in [0.5, 0.6) is 5.75 Å². The molecule has 0 heterocycles. The van der Waals surface area contributed by atoms with E-state index in [2.05, 4.69) is 6.58 Å². The minimum atomic E-state index is -0.601. The van der Waals surface area contributed by atoms with Crippen LogP contribution < -0.4 is 4.74 Å². The molecule has 0 saturated carbocycles. The molecule has 0 aliphatic heterocycles. The van der Waals surface area contributed by atoms with Gasteiger partial charge in [-0.1, -0.05) is 24.8 Å². The monoisotopic (exact) mass is 312 g/mol. The Hall–Kier alpha value is -2.66. The van der Waals surface area contributed by atoms with Crippen LogP contribution in [0.15, 0.2) is 72.1 Å². The van der Waals surface area contributed by atoms with E-state index in [0.717, 1.165) is 17.8 Å². The Morgan fingerprint density at radius 2 is 1.59 bits per heavy atom. The van der Waals surface area contributed by atoms with E-state index < -0.39 is 16.9 Å². The van der Waals surface area contributed by atoms with E-state index in [-0.39, 0.29) is 11.3 Å². The van der Waals surface area contributed by atoms with E-state index in [1.54, 1.807) is 24.3 Å². The highest BCUT2D eigenvalue weighted by molar-refractivity contribution is 8.15. The molecule has 0 aromatic heterocycles. The summed E-state index contributed by atoms with van der Waals surface area (Å²) in [6.45, 7) is 3.29. The number of ether oxygens (including phenoxy) is 1. The van der Waals surface area contributed by atoms with Crippen LogP contribution in [-0.2, 0) is 9.59 Å². The second-order valence-electron chi connectivity index (χ2n) is 4.18. The number of benzene rings is 2. The van der Waals surface area contributed by atoms with Gasteiger partial charge >= 0.3 is 5.97 Å². The minimum absolute atomic E-state index is 0.242. The molecule has 2 aromatic carbocycles. The standard InChI is InChI=1S/C17H12O4S/c1-2-15(18)21-13-10-8-12(9-11-13)16(19)17(20)22-14-6-4-3-5-7-14/h2-11H,1H2. The maximum absolute atomic E-state index is 12.0. The molecule has 0 saturated heterocycles. The maximum atomic E-state index is 12.0. The third-order valence-electron chi connectivity index (χ3n) is 2.64. The molecule has 0 atom stereocenters. The van der Waals surface area contributed by atoms with Gasteiger partial charge in [-0.15, -0.1) is 0 Å². The normalized spacial score (nSPS) is 9.82. The van der Waals surface area contributed by atoms with Crippen LogP contribution in [0.2, 0.25) is 0 Å². The number of Topliss-reactive ketones (excluding diaryl/α,β-unsaturated/α-hetero) is 1. The summed E-state index contributed by atoms with van der Waals surface area (Å²) < 4.78 is 4.90. The van der Waals surface area contributed by atoms with Crippen molar-refractivity contribution in [3.05, 3.63) is 72.8 Å². The smallest absolute Gasteiger partial charge is 0.335 e. The molecule has 0 bridgehead atoms. The molecule has 0 fully saturated rings. The highest BCUT2D eigenvalue weighted by atomic mass is 32.2. The van der Waals surface area contributed by atoms with E-state index in [1.807, 2.05) is 6.07 Å². The van der Waals surface area contributed by atoms with Gasteiger partial charge < -0.3 is 4.74 Å². The molecule has 110 valence electrons. The first-order valence-electron chi connectivity index (χ1n) is 6.36. The van der Waals surface area contributed by atoms with Crippen LogP contribution >= 0.6 is 11.8 Å². The maximum Gasteiger partial charge on any atom is 0.335 e. The lowest BCUT2D eigenvalue weighted by molar-refractivity contribution is -0.129. The van der Waals surface area contributed by atoms with Crippen LogP contribution in [0.3, 0.4) is 0 Å². The summed E-state index contributed by atoms with van der Waals surface area (Å²) in [4.78, 5) is 35.7. The number of thioether (sulfide) groups is 1. The summed E-state index contributed by atoms with van der Waals surface area (Å²) in [5.74, 6) is -0.908. The molecule has 0 spiro atoms. The highest BCUT2D eigenvalue weighted by Crippen LogP contribution is 2.21. The number of carbonyl (C=O) groups is 3. The zero-order valence-corrected chi connectivity index (χ0v) is 12.3. The fraction of sp³-hybridized carbons (Fsp3) is 0.